The fourth-order valence-corrected chi connectivity index (χ4v) is 7.24. The molecule has 0 bridgehead atoms. The molecule has 2 heterocycles. The number of aromatic nitrogens is 4. The zero-order valence-corrected chi connectivity index (χ0v) is 36.1. The molecule has 0 saturated heterocycles. The Labute approximate surface area is 362 Å². The molecular formula is C42H43N8O8PS2. The van der Waals surface area contributed by atoms with E-state index in [4.69, 9.17) is 32.7 Å². The first-order valence-corrected chi connectivity index (χ1v) is 21.5. The third kappa shape index (κ3) is 14.8. The highest BCUT2D eigenvalue weighted by molar-refractivity contribution is 7.94. The summed E-state index contributed by atoms with van der Waals surface area (Å²) in [5, 5.41) is 17.7. The van der Waals surface area contributed by atoms with E-state index in [0.29, 0.717) is 24.6 Å². The van der Waals surface area contributed by atoms with Crippen LogP contribution in [0.25, 0.3) is 44.8 Å². The first kappa shape index (κ1) is 48.0. The second kappa shape index (κ2) is 25.2. The molecule has 0 fully saturated rings. The monoisotopic (exact) mass is 882 g/mol. The Bertz CT molecular complexity index is 2440. The molecule has 0 aliphatic carbocycles. The molecule has 0 unspecified atom stereocenters. The van der Waals surface area contributed by atoms with Crippen molar-refractivity contribution >= 4 is 44.0 Å². The van der Waals surface area contributed by atoms with Crippen molar-refractivity contribution in [3.63, 3.8) is 0 Å². The lowest BCUT2D eigenvalue weighted by molar-refractivity contribution is -0.195. The highest BCUT2D eigenvalue weighted by Crippen LogP contribution is 2.47. The Balaban J connectivity index is 0.000000218. The van der Waals surface area contributed by atoms with Crippen molar-refractivity contribution < 1.29 is 37.1 Å². The maximum Gasteiger partial charge on any atom is 0.409 e. The van der Waals surface area contributed by atoms with Gasteiger partial charge in [0.2, 0.25) is 0 Å². The number of nitrogens with two attached hydrogens (primary N) is 2. The van der Waals surface area contributed by atoms with E-state index < -0.39 is 7.60 Å². The Hall–Kier alpha value is -5.70. The number of nitriles is 1. The number of rotatable bonds is 17. The van der Waals surface area contributed by atoms with Crippen molar-refractivity contribution in [2.45, 2.75) is 37.5 Å². The van der Waals surface area contributed by atoms with Crippen LogP contribution in [0.1, 0.15) is 41.2 Å². The molecule has 6 rings (SSSR count). The van der Waals surface area contributed by atoms with E-state index in [2.05, 4.69) is 58.0 Å². The molecule has 16 nitrogen and oxygen atoms in total. The van der Waals surface area contributed by atoms with Crippen LogP contribution in [0, 0.1) is 31.8 Å². The van der Waals surface area contributed by atoms with E-state index >= 15 is 0 Å². The van der Waals surface area contributed by atoms with Gasteiger partial charge in [-0.15, -0.1) is 18.6 Å². The topological polar surface area (TPSA) is 205 Å². The maximum atomic E-state index is 11.4. The number of carbonyl (C=O) groups excluding carboxylic acids is 1. The molecular weight excluding hydrogens is 840 g/mol. The van der Waals surface area contributed by atoms with E-state index in [1.807, 2.05) is 103 Å². The number of allylic oxidation sites excluding steroid dienone is 1. The summed E-state index contributed by atoms with van der Waals surface area (Å²) in [5.74, 6) is 9.67. The van der Waals surface area contributed by atoms with Gasteiger partial charge in [0, 0.05) is 27.0 Å². The van der Waals surface area contributed by atoms with Crippen LogP contribution >= 0.6 is 31.7 Å². The summed E-state index contributed by atoms with van der Waals surface area (Å²) in [6.07, 6.45) is 3.65. The van der Waals surface area contributed by atoms with Gasteiger partial charge in [0.25, 0.3) is 0 Å². The van der Waals surface area contributed by atoms with Crippen LogP contribution in [-0.2, 0) is 32.3 Å². The lowest BCUT2D eigenvalue weighted by Crippen LogP contribution is -2.00. The van der Waals surface area contributed by atoms with Gasteiger partial charge < -0.3 is 13.9 Å². The van der Waals surface area contributed by atoms with Crippen molar-refractivity contribution in [1.29, 1.82) is 5.26 Å². The van der Waals surface area contributed by atoms with Crippen LogP contribution in [0.4, 0.5) is 0 Å². The molecule has 316 valence electrons. The molecule has 0 aliphatic heterocycles. The van der Waals surface area contributed by atoms with Gasteiger partial charge in [0.15, 0.2) is 6.29 Å². The van der Waals surface area contributed by atoms with Gasteiger partial charge in [-0.1, -0.05) is 59.7 Å². The quantitative estimate of drug-likeness (QED) is 0.0166. The zero-order valence-electron chi connectivity index (χ0n) is 33.6. The highest BCUT2D eigenvalue weighted by atomic mass is 32.2. The predicted molar refractivity (Wildman–Crippen MR) is 234 cm³/mol. The number of hydrogen-bond donors (Lipinski definition) is 2. The van der Waals surface area contributed by atoms with Crippen molar-refractivity contribution in [2.24, 2.45) is 11.8 Å². The minimum absolute atomic E-state index is 0.186. The van der Waals surface area contributed by atoms with Crippen molar-refractivity contribution in [3.8, 4) is 40.0 Å². The number of hydrogen-bond acceptors (Lipinski definition) is 15. The Morgan fingerprint density at radius 3 is 1.54 bits per heavy atom. The predicted octanol–water partition coefficient (Wildman–Crippen LogP) is 9.83. The number of benzene rings is 4. The first-order chi connectivity index (χ1) is 29.6. The van der Waals surface area contributed by atoms with Gasteiger partial charge in [-0.05, 0) is 94.4 Å². The maximum absolute atomic E-state index is 11.4. The second-order valence-electron chi connectivity index (χ2n) is 12.3. The molecule has 0 amide bonds. The molecule has 0 aliphatic rings. The van der Waals surface area contributed by atoms with Gasteiger partial charge in [0.1, 0.15) is 5.69 Å². The average Bonchev–Trinajstić information content (AvgIpc) is 3.91. The van der Waals surface area contributed by atoms with Gasteiger partial charge in [0.05, 0.1) is 71.8 Å². The van der Waals surface area contributed by atoms with Gasteiger partial charge in [-0.2, -0.15) is 27.3 Å². The summed E-state index contributed by atoms with van der Waals surface area (Å²) in [5.41, 5.74) is 8.97. The zero-order chi connectivity index (χ0) is 44.0. The van der Waals surface area contributed by atoms with E-state index in [-0.39, 0.29) is 6.29 Å². The Kier molecular flexibility index (Phi) is 19.8. The summed E-state index contributed by atoms with van der Waals surface area (Å²) in [6.45, 7) is 14.6. The number of aryl methyl sites for hydroxylation is 2. The van der Waals surface area contributed by atoms with Crippen LogP contribution in [-0.4, -0.2) is 45.3 Å². The van der Waals surface area contributed by atoms with Gasteiger partial charge >= 0.3 is 13.9 Å². The largest absolute Gasteiger partial charge is 0.409 e. The molecule has 4 aromatic carbocycles. The van der Waals surface area contributed by atoms with Gasteiger partial charge in [-0.25, -0.2) is 15.9 Å². The van der Waals surface area contributed by atoms with Crippen molar-refractivity contribution in [1.82, 2.24) is 19.6 Å². The number of nitrogens with zero attached hydrogens (tertiary/aromatic N) is 6. The molecule has 19 heteroatoms. The normalized spacial score (nSPS) is 10.9. The fraction of sp³-hybridized carbons (Fsp3) is 0.167. The molecule has 0 spiro atoms. The van der Waals surface area contributed by atoms with Gasteiger partial charge in [-0.3, -0.25) is 9.36 Å². The summed E-state index contributed by atoms with van der Waals surface area (Å²) in [7, 11) is -3.07. The smallest absolute Gasteiger partial charge is 0.304 e. The third-order valence-electron chi connectivity index (χ3n) is 8.00. The summed E-state index contributed by atoms with van der Waals surface area (Å²) >= 11 is 2.02. The van der Waals surface area contributed by atoms with Crippen LogP contribution in [0.3, 0.4) is 0 Å². The fourth-order valence-electron chi connectivity index (χ4n) is 5.32. The molecule has 0 saturated carbocycles. The van der Waals surface area contributed by atoms with E-state index in [9.17, 15) is 9.36 Å². The molecule has 6 aromatic rings. The SMILES string of the molecule is Cc1ccc(-c2cc(/C=C/C#N)nn2-c2ccc(SOON)cc2)cc1.Cc1ccc(-c2cc(C=O)nn2-c2ccc(SOON)cc2)cc1.[C-]#[N+]CP(=O)(OCC)OCC. The number of carbonyl (C=O) groups is 1. The summed E-state index contributed by atoms with van der Waals surface area (Å²) < 4.78 is 33.9. The second-order valence-corrected chi connectivity index (χ2v) is 15.8. The van der Waals surface area contributed by atoms with E-state index in [1.165, 1.54) is 17.2 Å². The molecule has 4 N–H and O–H groups in total. The minimum Gasteiger partial charge on any atom is -0.304 e. The molecule has 61 heavy (non-hydrogen) atoms. The molecule has 2 aromatic heterocycles. The van der Waals surface area contributed by atoms with E-state index in [0.717, 1.165) is 74.1 Å². The first-order valence-electron chi connectivity index (χ1n) is 18.3. The molecule has 0 atom stereocenters. The molecule has 0 radical (unpaired) electrons. The minimum atomic E-state index is -3.07. The van der Waals surface area contributed by atoms with Crippen molar-refractivity contribution in [3.05, 3.63) is 149 Å². The third-order valence-corrected chi connectivity index (χ3v) is 11.0. The standard InChI is InChI=1S/C19H16N4O2S.C17H15N3O3S.C6H12NO3P/c1-14-4-6-15(7-5-14)19-13-16(3-2-12-20)22-23(19)17-8-10-18(11-9-17)26-25-24-21;1-12-2-4-13(5-3-12)17-10-14(11-21)19-20(17)15-6-8-16(9-7-15)24-23-22-18;1-4-9-11(8,6-7-3)10-5-2/h2-11,13H,21H2,1H3;2-11H,18H2,1H3;4-6H2,1-2H3/b3-2+;;. The lowest BCUT2D eigenvalue weighted by atomic mass is 10.1. The number of aldehydes is 1. The van der Waals surface area contributed by atoms with Crippen LogP contribution in [0.5, 0.6) is 0 Å². The Morgan fingerprint density at radius 1 is 0.738 bits per heavy atom. The Morgan fingerprint density at radius 2 is 1.16 bits per heavy atom. The average molecular weight is 883 g/mol. The van der Waals surface area contributed by atoms with Crippen LogP contribution < -0.4 is 11.8 Å². The van der Waals surface area contributed by atoms with E-state index in [1.54, 1.807) is 30.7 Å². The van der Waals surface area contributed by atoms with Crippen molar-refractivity contribution in [2.75, 3.05) is 19.5 Å². The summed E-state index contributed by atoms with van der Waals surface area (Å²) in [6, 6.07) is 37.0. The summed E-state index contributed by atoms with van der Waals surface area (Å²) in [4.78, 5) is 24.0. The van der Waals surface area contributed by atoms with Crippen LogP contribution in [0.2, 0.25) is 0 Å². The highest BCUT2D eigenvalue weighted by Gasteiger charge is 2.27. The van der Waals surface area contributed by atoms with Crippen LogP contribution in [0.15, 0.2) is 125 Å². The lowest BCUT2D eigenvalue weighted by Gasteiger charge is -2.10.